The summed E-state index contributed by atoms with van der Waals surface area (Å²) in [4.78, 5) is 28.6. The highest BCUT2D eigenvalue weighted by Gasteiger charge is 2.27. The van der Waals surface area contributed by atoms with E-state index >= 15 is 4.39 Å². The van der Waals surface area contributed by atoms with Crippen molar-refractivity contribution in [2.75, 3.05) is 19.6 Å². The lowest BCUT2D eigenvalue weighted by Crippen LogP contribution is -2.49. The van der Waals surface area contributed by atoms with E-state index in [1.165, 1.54) is 12.8 Å². The zero-order valence-corrected chi connectivity index (χ0v) is 21.6. The molecule has 1 atom stereocenters. The van der Waals surface area contributed by atoms with Gasteiger partial charge in [-0.05, 0) is 85.7 Å². The summed E-state index contributed by atoms with van der Waals surface area (Å²) in [5.74, 6) is -0.281. The van der Waals surface area contributed by atoms with Crippen molar-refractivity contribution < 1.29 is 9.18 Å². The third-order valence-electron chi connectivity index (χ3n) is 8.13. The zero-order valence-electron chi connectivity index (χ0n) is 21.6. The molecule has 1 saturated heterocycles. The Morgan fingerprint density at radius 3 is 2.68 bits per heavy atom. The summed E-state index contributed by atoms with van der Waals surface area (Å²) in [6.07, 6.45) is 6.28. The molecule has 1 amide bonds. The molecule has 2 aliphatic carbocycles. The van der Waals surface area contributed by atoms with Crippen LogP contribution in [0.3, 0.4) is 0 Å². The maximum Gasteiger partial charge on any atom is 0.258 e. The Hall–Kier alpha value is -3.03. The summed E-state index contributed by atoms with van der Waals surface area (Å²) in [5.41, 5.74) is 3.06. The van der Waals surface area contributed by atoms with Gasteiger partial charge in [0.15, 0.2) is 0 Å². The Kier molecular flexibility index (Phi) is 6.37. The van der Waals surface area contributed by atoms with E-state index in [1.807, 2.05) is 35.9 Å². The maximum atomic E-state index is 15.8. The summed E-state index contributed by atoms with van der Waals surface area (Å²) in [5, 5.41) is 7.88. The smallest absolute Gasteiger partial charge is 0.258 e. The van der Waals surface area contributed by atoms with Gasteiger partial charge in [-0.15, -0.1) is 0 Å². The van der Waals surface area contributed by atoms with Gasteiger partial charge >= 0.3 is 0 Å². The first-order chi connectivity index (χ1) is 17.9. The second-order valence-electron chi connectivity index (χ2n) is 11.2. The molecular weight excluding hydrogens is 467 g/mol. The number of rotatable bonds is 7. The number of halogens is 1. The van der Waals surface area contributed by atoms with Gasteiger partial charge in [-0.3, -0.25) is 14.5 Å². The molecule has 7 heteroatoms. The number of nitrogens with zero attached hydrogens (tertiary/aromatic N) is 2. The zero-order chi connectivity index (χ0) is 25.7. The largest absolute Gasteiger partial charge is 0.349 e. The van der Waals surface area contributed by atoms with E-state index in [0.29, 0.717) is 28.5 Å². The Morgan fingerprint density at radius 2 is 1.95 bits per heavy atom. The molecule has 1 aliphatic heterocycles. The molecule has 0 radical (unpaired) electrons. The van der Waals surface area contributed by atoms with Crippen LogP contribution in [0.1, 0.15) is 54.1 Å². The number of pyridine rings is 1. The van der Waals surface area contributed by atoms with Crippen LogP contribution in [0, 0.1) is 18.7 Å². The SMILES string of the molecule is Cc1ccc(C(=O)NC2CC2)c(F)c1-c1ccc2c(=O)n(CC3CC3)cc(CN3CCNCC3C)c2c1. The van der Waals surface area contributed by atoms with Crippen LogP contribution in [0.25, 0.3) is 21.9 Å². The molecule has 2 aromatic carbocycles. The van der Waals surface area contributed by atoms with E-state index in [2.05, 4.69) is 22.5 Å². The van der Waals surface area contributed by atoms with Crippen LogP contribution in [0.5, 0.6) is 0 Å². The fraction of sp³-hybridized carbons (Fsp3) is 0.467. The second kappa shape index (κ2) is 9.69. The van der Waals surface area contributed by atoms with Crippen molar-refractivity contribution in [3.05, 3.63) is 69.4 Å². The lowest BCUT2D eigenvalue weighted by molar-refractivity contribution is 0.0947. The first-order valence-electron chi connectivity index (χ1n) is 13.6. The second-order valence-corrected chi connectivity index (χ2v) is 11.2. The van der Waals surface area contributed by atoms with E-state index in [9.17, 15) is 9.59 Å². The van der Waals surface area contributed by atoms with Crippen LogP contribution in [-0.4, -0.2) is 47.1 Å². The topological polar surface area (TPSA) is 66.4 Å². The van der Waals surface area contributed by atoms with Crippen molar-refractivity contribution in [3.63, 3.8) is 0 Å². The van der Waals surface area contributed by atoms with Gasteiger partial charge in [-0.25, -0.2) is 4.39 Å². The van der Waals surface area contributed by atoms with Gasteiger partial charge in [0.2, 0.25) is 0 Å². The molecule has 0 bridgehead atoms. The minimum atomic E-state index is -0.503. The quantitative estimate of drug-likeness (QED) is 0.508. The van der Waals surface area contributed by atoms with Gasteiger partial charge in [0, 0.05) is 62.0 Å². The molecule has 0 spiro atoms. The first-order valence-corrected chi connectivity index (χ1v) is 13.6. The van der Waals surface area contributed by atoms with Gasteiger partial charge in [-0.1, -0.05) is 12.1 Å². The van der Waals surface area contributed by atoms with Gasteiger partial charge in [-0.2, -0.15) is 0 Å². The minimum absolute atomic E-state index is 0.0142. The number of amides is 1. The number of benzene rings is 2. The summed E-state index contributed by atoms with van der Waals surface area (Å²) in [6.45, 7) is 8.39. The van der Waals surface area contributed by atoms with Crippen molar-refractivity contribution >= 4 is 16.7 Å². The minimum Gasteiger partial charge on any atom is -0.349 e. The number of aromatic nitrogens is 1. The predicted molar refractivity (Wildman–Crippen MR) is 144 cm³/mol. The molecule has 2 heterocycles. The predicted octanol–water partition coefficient (Wildman–Crippen LogP) is 4.21. The van der Waals surface area contributed by atoms with E-state index in [-0.39, 0.29) is 23.1 Å². The number of hydrogen-bond acceptors (Lipinski definition) is 4. The molecule has 3 aliphatic rings. The summed E-state index contributed by atoms with van der Waals surface area (Å²) >= 11 is 0. The molecule has 3 aromatic rings. The monoisotopic (exact) mass is 502 g/mol. The molecular formula is C30H35FN4O2. The molecule has 2 saturated carbocycles. The van der Waals surface area contributed by atoms with Gasteiger partial charge in [0.25, 0.3) is 11.5 Å². The highest BCUT2D eigenvalue weighted by Crippen LogP contribution is 2.34. The average molecular weight is 503 g/mol. The molecule has 194 valence electrons. The molecule has 1 unspecified atom stereocenters. The van der Waals surface area contributed by atoms with Gasteiger partial charge in [0.05, 0.1) is 5.56 Å². The number of fused-ring (bicyclic) bond motifs is 1. The van der Waals surface area contributed by atoms with Crippen molar-refractivity contribution in [3.8, 4) is 11.1 Å². The normalized spacial score (nSPS) is 20.4. The number of nitrogens with one attached hydrogen (secondary N) is 2. The van der Waals surface area contributed by atoms with Crippen molar-refractivity contribution in [2.45, 2.75) is 64.7 Å². The number of piperazine rings is 1. The van der Waals surface area contributed by atoms with Crippen molar-refractivity contribution in [1.82, 2.24) is 20.1 Å². The Bertz CT molecular complexity index is 1420. The molecule has 2 N–H and O–H groups in total. The highest BCUT2D eigenvalue weighted by molar-refractivity contribution is 5.97. The lowest BCUT2D eigenvalue weighted by Gasteiger charge is -2.34. The summed E-state index contributed by atoms with van der Waals surface area (Å²) < 4.78 is 17.7. The fourth-order valence-corrected chi connectivity index (χ4v) is 5.49. The van der Waals surface area contributed by atoms with Crippen LogP contribution in [-0.2, 0) is 13.1 Å². The molecule has 3 fully saturated rings. The van der Waals surface area contributed by atoms with E-state index in [1.54, 1.807) is 12.1 Å². The Labute approximate surface area is 216 Å². The fourth-order valence-electron chi connectivity index (χ4n) is 5.49. The van der Waals surface area contributed by atoms with Crippen LogP contribution >= 0.6 is 0 Å². The molecule has 6 nitrogen and oxygen atoms in total. The molecule has 1 aromatic heterocycles. The average Bonchev–Trinajstić information content (AvgIpc) is 3.81. The van der Waals surface area contributed by atoms with Crippen LogP contribution < -0.4 is 16.2 Å². The summed E-state index contributed by atoms with van der Waals surface area (Å²) in [7, 11) is 0. The molecule has 6 rings (SSSR count). The van der Waals surface area contributed by atoms with Crippen molar-refractivity contribution in [1.29, 1.82) is 0 Å². The third kappa shape index (κ3) is 4.94. The van der Waals surface area contributed by atoms with E-state index < -0.39 is 5.82 Å². The maximum absolute atomic E-state index is 15.8. The summed E-state index contributed by atoms with van der Waals surface area (Å²) in [6, 6.07) is 9.55. The van der Waals surface area contributed by atoms with Crippen LogP contribution in [0.2, 0.25) is 0 Å². The number of hydrogen-bond donors (Lipinski definition) is 2. The first kappa shape index (κ1) is 24.3. The lowest BCUT2D eigenvalue weighted by atomic mass is 9.94. The van der Waals surface area contributed by atoms with Crippen molar-refractivity contribution in [2.24, 2.45) is 5.92 Å². The number of carbonyl (C=O) groups excluding carboxylic acids is 1. The standard InChI is InChI=1S/C30H35FN4O2/c1-18-3-9-25(29(36)33-23-7-8-23)28(31)27(18)21-6-10-24-26(13-21)22(16-34-12-11-32-14-19(34)2)17-35(30(24)37)15-20-4-5-20/h3,6,9-10,13,17,19-20,23,32H,4-5,7-8,11-12,14-16H2,1-2H3,(H,33,36). The number of aryl methyl sites for hydroxylation is 1. The highest BCUT2D eigenvalue weighted by atomic mass is 19.1. The Balaban J connectivity index is 1.45. The van der Waals surface area contributed by atoms with Crippen LogP contribution in [0.15, 0.2) is 41.3 Å². The molecule has 37 heavy (non-hydrogen) atoms. The van der Waals surface area contributed by atoms with E-state index in [0.717, 1.165) is 62.1 Å². The number of carbonyl (C=O) groups is 1. The Morgan fingerprint density at radius 1 is 1.14 bits per heavy atom. The van der Waals surface area contributed by atoms with E-state index in [4.69, 9.17) is 0 Å². The van der Waals surface area contributed by atoms with Gasteiger partial charge in [0.1, 0.15) is 5.82 Å². The van der Waals surface area contributed by atoms with Gasteiger partial charge < -0.3 is 15.2 Å². The third-order valence-corrected chi connectivity index (χ3v) is 8.13. The van der Waals surface area contributed by atoms with Crippen LogP contribution in [0.4, 0.5) is 4.39 Å².